The zero-order valence-corrected chi connectivity index (χ0v) is 17.5. The Morgan fingerprint density at radius 2 is 1.62 bits per heavy atom. The van der Waals surface area contributed by atoms with E-state index < -0.39 is 0 Å². The molecule has 0 saturated heterocycles. The molecule has 3 aromatic carbocycles. The SMILES string of the molecule is C1=CCC(c2cccc3c2[cH-]c2ccccc23)=C1.C[C](C)=[Zr].[CH3-].[CH3-]. The molecule has 0 radical (unpaired) electrons. The predicted molar refractivity (Wildman–Crippen MR) is 108 cm³/mol. The normalized spacial score (nSPS) is 12.0. The first-order chi connectivity index (χ1) is 10.7. The zero-order valence-electron chi connectivity index (χ0n) is 15.1. The molecule has 4 rings (SSSR count). The Morgan fingerprint density at radius 1 is 0.958 bits per heavy atom. The summed E-state index contributed by atoms with van der Waals surface area (Å²) in [4.78, 5) is 0. The van der Waals surface area contributed by atoms with E-state index in [1.54, 1.807) is 24.2 Å². The molecule has 3 aromatic rings. The van der Waals surface area contributed by atoms with Gasteiger partial charge in [0.15, 0.2) is 0 Å². The molecule has 0 fully saturated rings. The molecule has 0 spiro atoms. The number of allylic oxidation sites excluding steroid dienone is 4. The van der Waals surface area contributed by atoms with Crippen LogP contribution in [0.4, 0.5) is 0 Å². The van der Waals surface area contributed by atoms with Crippen molar-refractivity contribution < 1.29 is 24.2 Å². The third kappa shape index (κ3) is 4.34. The summed E-state index contributed by atoms with van der Waals surface area (Å²) in [5.41, 5.74) is 2.81. The van der Waals surface area contributed by atoms with Gasteiger partial charge in [-0.2, -0.15) is 0 Å². The summed E-state index contributed by atoms with van der Waals surface area (Å²) in [5.74, 6) is 0. The van der Waals surface area contributed by atoms with Gasteiger partial charge in [0.2, 0.25) is 0 Å². The second-order valence-corrected chi connectivity index (χ2v) is 8.28. The van der Waals surface area contributed by atoms with Gasteiger partial charge in [0.1, 0.15) is 0 Å². The van der Waals surface area contributed by atoms with Crippen molar-refractivity contribution in [2.45, 2.75) is 20.3 Å². The summed E-state index contributed by atoms with van der Waals surface area (Å²) in [6.45, 7) is 4.25. The Hall–Kier alpha value is -1.46. The Balaban J connectivity index is 0.000000438. The zero-order chi connectivity index (χ0) is 15.5. The quantitative estimate of drug-likeness (QED) is 0.404. The fourth-order valence-electron chi connectivity index (χ4n) is 2.91. The van der Waals surface area contributed by atoms with Crippen LogP contribution >= 0.6 is 0 Å². The minimum Gasteiger partial charge on any atom is -0.358 e. The molecule has 0 amide bonds. The molecule has 0 heterocycles. The van der Waals surface area contributed by atoms with E-state index in [2.05, 4.69) is 80.6 Å². The molecule has 24 heavy (non-hydrogen) atoms. The van der Waals surface area contributed by atoms with Gasteiger partial charge in [0.05, 0.1) is 0 Å². The van der Waals surface area contributed by atoms with Crippen molar-refractivity contribution in [1.82, 2.24) is 0 Å². The molecule has 0 bridgehead atoms. The monoisotopic (exact) mass is 391 g/mol. The molecule has 0 unspecified atom stereocenters. The van der Waals surface area contributed by atoms with Gasteiger partial charge in [-0.05, 0) is 6.42 Å². The molecule has 0 aromatic heterocycles. The maximum atomic E-state index is 2.32. The van der Waals surface area contributed by atoms with E-state index in [4.69, 9.17) is 0 Å². The molecule has 0 saturated carbocycles. The Labute approximate surface area is 161 Å². The first-order valence-electron chi connectivity index (χ1n) is 7.62. The van der Waals surface area contributed by atoms with E-state index in [0.29, 0.717) is 0 Å². The van der Waals surface area contributed by atoms with Crippen LogP contribution in [0.2, 0.25) is 0 Å². The van der Waals surface area contributed by atoms with Crippen molar-refractivity contribution in [3.63, 3.8) is 0 Å². The molecule has 124 valence electrons. The number of rotatable bonds is 1. The third-order valence-corrected chi connectivity index (χ3v) is 3.77. The number of fused-ring (bicyclic) bond motifs is 3. The smallest absolute Gasteiger partial charge is 0.358 e. The van der Waals surface area contributed by atoms with Crippen molar-refractivity contribution >= 4 is 30.3 Å². The van der Waals surface area contributed by atoms with Gasteiger partial charge in [-0.3, -0.25) is 0 Å². The van der Waals surface area contributed by atoms with Crippen molar-refractivity contribution in [2.24, 2.45) is 0 Å². The molecule has 0 atom stereocenters. The summed E-state index contributed by atoms with van der Waals surface area (Å²) in [5, 5.41) is 5.46. The van der Waals surface area contributed by atoms with Crippen LogP contribution in [0.5, 0.6) is 0 Å². The Morgan fingerprint density at radius 3 is 2.29 bits per heavy atom. The van der Waals surface area contributed by atoms with E-state index in [0.717, 1.165) is 6.42 Å². The van der Waals surface area contributed by atoms with E-state index in [1.807, 2.05) is 0 Å². The van der Waals surface area contributed by atoms with Crippen LogP contribution in [0, 0.1) is 14.9 Å². The summed E-state index contributed by atoms with van der Waals surface area (Å²) >= 11 is 1.55. The fourth-order valence-corrected chi connectivity index (χ4v) is 2.91. The summed E-state index contributed by atoms with van der Waals surface area (Å²) in [7, 11) is 0. The third-order valence-electron chi connectivity index (χ3n) is 3.77. The first kappa shape index (κ1) is 20.6. The van der Waals surface area contributed by atoms with Crippen molar-refractivity contribution in [3.05, 3.63) is 87.2 Å². The molecular formula is C23H25Zr-3. The summed E-state index contributed by atoms with van der Waals surface area (Å²) < 4.78 is 1.51. The number of benzene rings is 2. The number of hydrogen-bond acceptors (Lipinski definition) is 0. The molecule has 1 heteroatoms. The maximum Gasteiger partial charge on any atom is -0.358 e. The average molecular weight is 393 g/mol. The first-order valence-corrected chi connectivity index (χ1v) is 8.84. The van der Waals surface area contributed by atoms with Gasteiger partial charge in [-0.1, -0.05) is 65.8 Å². The summed E-state index contributed by atoms with van der Waals surface area (Å²) in [6.07, 6.45) is 7.65. The van der Waals surface area contributed by atoms with E-state index >= 15 is 0 Å². The molecule has 0 nitrogen and oxygen atoms in total. The molecular weight excluding hydrogens is 367 g/mol. The van der Waals surface area contributed by atoms with Crippen molar-refractivity contribution in [2.75, 3.05) is 0 Å². The minimum absolute atomic E-state index is 0. The van der Waals surface area contributed by atoms with Crippen LogP contribution in [0.1, 0.15) is 25.8 Å². The van der Waals surface area contributed by atoms with Crippen LogP contribution in [-0.4, -0.2) is 3.21 Å². The molecule has 1 aliphatic rings. The van der Waals surface area contributed by atoms with Crippen molar-refractivity contribution in [3.8, 4) is 0 Å². The van der Waals surface area contributed by atoms with E-state index in [-0.39, 0.29) is 14.9 Å². The van der Waals surface area contributed by atoms with Gasteiger partial charge < -0.3 is 14.9 Å². The molecule has 1 aliphatic carbocycles. The predicted octanol–water partition coefficient (Wildman–Crippen LogP) is 6.70. The minimum atomic E-state index is 0. The Bertz CT molecular complexity index is 887. The van der Waals surface area contributed by atoms with Crippen LogP contribution in [0.25, 0.3) is 27.1 Å². The van der Waals surface area contributed by atoms with Crippen LogP contribution in [0.3, 0.4) is 0 Å². The van der Waals surface area contributed by atoms with E-state index in [9.17, 15) is 0 Å². The largest absolute Gasteiger partial charge is 0.358 e. The average Bonchev–Trinajstić information content (AvgIpc) is 3.14. The van der Waals surface area contributed by atoms with Gasteiger partial charge in [0, 0.05) is 0 Å². The Kier molecular flexibility index (Phi) is 7.84. The second-order valence-electron chi connectivity index (χ2n) is 5.82. The second kappa shape index (κ2) is 9.14. The number of hydrogen-bond donors (Lipinski definition) is 0. The molecule has 0 N–H and O–H groups in total. The van der Waals surface area contributed by atoms with Crippen LogP contribution < -0.4 is 0 Å². The van der Waals surface area contributed by atoms with Crippen molar-refractivity contribution in [1.29, 1.82) is 0 Å². The standard InChI is InChI=1S/C18H13.C3H6.2CH3.Zr/c1-2-7-13(6-1)15-10-5-11-17-16-9-4-3-8-14(16)12-18(15)17;1-3-2;;;/h1-6,8-12H,7H2;1-2H3;2*1H3;/q-1;;2*-1;. The van der Waals surface area contributed by atoms with Gasteiger partial charge >= 0.3 is 41.3 Å². The molecule has 0 aliphatic heterocycles. The van der Waals surface area contributed by atoms with Gasteiger partial charge in [-0.15, -0.1) is 33.7 Å². The fraction of sp³-hybridized carbons (Fsp3) is 0.130. The van der Waals surface area contributed by atoms with E-state index in [1.165, 1.54) is 35.9 Å². The topological polar surface area (TPSA) is 0 Å². The maximum absolute atomic E-state index is 2.32. The van der Waals surface area contributed by atoms with Gasteiger partial charge in [0.25, 0.3) is 0 Å². The van der Waals surface area contributed by atoms with Crippen LogP contribution in [-0.2, 0) is 24.2 Å². The summed E-state index contributed by atoms with van der Waals surface area (Å²) in [6, 6.07) is 17.6. The van der Waals surface area contributed by atoms with Crippen LogP contribution in [0.15, 0.2) is 66.8 Å². The van der Waals surface area contributed by atoms with Gasteiger partial charge in [-0.25, -0.2) is 0 Å².